The van der Waals surface area contributed by atoms with Gasteiger partial charge < -0.3 is 5.32 Å². The summed E-state index contributed by atoms with van der Waals surface area (Å²) in [4.78, 5) is 19.0. The second kappa shape index (κ2) is 8.22. The van der Waals surface area contributed by atoms with E-state index >= 15 is 0 Å². The zero-order valence-corrected chi connectivity index (χ0v) is 15.1. The normalized spacial score (nSPS) is 11.4. The van der Waals surface area contributed by atoms with Crippen LogP contribution in [0.5, 0.6) is 0 Å². The lowest BCUT2D eigenvalue weighted by Gasteiger charge is -2.30. The van der Waals surface area contributed by atoms with Crippen LogP contribution < -0.4 is 5.32 Å². The summed E-state index contributed by atoms with van der Waals surface area (Å²) in [7, 11) is 0. The van der Waals surface area contributed by atoms with E-state index in [1.165, 1.54) is 11.3 Å². The second-order valence-electron chi connectivity index (χ2n) is 6.09. The standard InChI is InChI=1S/C18H25N3OS/c1-13(2)21(14(3)4)11-10-19-17(22)16-12-23-18(20-16)15-8-6-5-7-9-15/h5-9,12-14H,10-11H2,1-4H3,(H,19,22). The summed E-state index contributed by atoms with van der Waals surface area (Å²) in [5.74, 6) is -0.101. The maximum absolute atomic E-state index is 12.2. The van der Waals surface area contributed by atoms with Crippen LogP contribution in [-0.2, 0) is 0 Å². The molecule has 0 aliphatic heterocycles. The molecule has 1 aromatic carbocycles. The Hall–Kier alpha value is -1.72. The molecule has 1 aromatic heterocycles. The highest BCUT2D eigenvalue weighted by atomic mass is 32.1. The van der Waals surface area contributed by atoms with Crippen molar-refractivity contribution >= 4 is 17.2 Å². The average molecular weight is 331 g/mol. The van der Waals surface area contributed by atoms with Crippen molar-refractivity contribution in [2.45, 2.75) is 39.8 Å². The highest BCUT2D eigenvalue weighted by Gasteiger charge is 2.15. The molecule has 1 amide bonds. The zero-order chi connectivity index (χ0) is 16.8. The third-order valence-corrected chi connectivity index (χ3v) is 4.63. The van der Waals surface area contributed by atoms with Crippen LogP contribution in [0.4, 0.5) is 0 Å². The van der Waals surface area contributed by atoms with Crippen LogP contribution in [0.15, 0.2) is 35.7 Å². The molecule has 0 fully saturated rings. The van der Waals surface area contributed by atoms with Crippen LogP contribution in [-0.4, -0.2) is 41.0 Å². The van der Waals surface area contributed by atoms with Gasteiger partial charge in [-0.1, -0.05) is 30.3 Å². The maximum Gasteiger partial charge on any atom is 0.270 e. The van der Waals surface area contributed by atoms with Gasteiger partial charge in [0.05, 0.1) is 0 Å². The van der Waals surface area contributed by atoms with Gasteiger partial charge >= 0.3 is 0 Å². The third-order valence-electron chi connectivity index (χ3n) is 3.74. The number of thiazole rings is 1. The van der Waals surface area contributed by atoms with E-state index in [9.17, 15) is 4.79 Å². The molecule has 0 aliphatic carbocycles. The van der Waals surface area contributed by atoms with E-state index in [0.29, 0.717) is 24.3 Å². The molecular formula is C18H25N3OS. The van der Waals surface area contributed by atoms with Crippen molar-refractivity contribution in [3.05, 3.63) is 41.4 Å². The highest BCUT2D eigenvalue weighted by molar-refractivity contribution is 7.13. The number of hydrogen-bond acceptors (Lipinski definition) is 4. The second-order valence-corrected chi connectivity index (χ2v) is 6.94. The first kappa shape index (κ1) is 17.6. The molecule has 0 saturated carbocycles. The summed E-state index contributed by atoms with van der Waals surface area (Å²) in [6.07, 6.45) is 0. The quantitative estimate of drug-likeness (QED) is 0.842. The molecule has 2 rings (SSSR count). The Bertz CT molecular complexity index is 614. The largest absolute Gasteiger partial charge is 0.349 e. The predicted octanol–water partition coefficient (Wildman–Crippen LogP) is 3.66. The molecule has 124 valence electrons. The van der Waals surface area contributed by atoms with E-state index in [1.807, 2.05) is 35.7 Å². The molecule has 1 N–H and O–H groups in total. The Labute approximate surface area is 142 Å². The van der Waals surface area contributed by atoms with E-state index in [4.69, 9.17) is 0 Å². The lowest BCUT2D eigenvalue weighted by molar-refractivity contribution is 0.0935. The third kappa shape index (κ3) is 4.88. The molecule has 0 atom stereocenters. The minimum atomic E-state index is -0.101. The fraction of sp³-hybridized carbons (Fsp3) is 0.444. The van der Waals surface area contributed by atoms with Crippen LogP contribution in [0, 0.1) is 0 Å². The molecule has 0 radical (unpaired) electrons. The molecule has 0 spiro atoms. The number of carbonyl (C=O) groups is 1. The van der Waals surface area contributed by atoms with Gasteiger partial charge in [0.2, 0.25) is 0 Å². The summed E-state index contributed by atoms with van der Waals surface area (Å²) < 4.78 is 0. The van der Waals surface area contributed by atoms with Gasteiger partial charge in [-0.15, -0.1) is 11.3 Å². The lowest BCUT2D eigenvalue weighted by atomic mass is 10.2. The average Bonchev–Trinajstić information content (AvgIpc) is 3.01. The van der Waals surface area contributed by atoms with Crippen molar-refractivity contribution in [1.29, 1.82) is 0 Å². The van der Waals surface area contributed by atoms with Crippen LogP contribution in [0.2, 0.25) is 0 Å². The molecule has 0 saturated heterocycles. The molecule has 23 heavy (non-hydrogen) atoms. The topological polar surface area (TPSA) is 45.2 Å². The maximum atomic E-state index is 12.2. The van der Waals surface area contributed by atoms with Crippen LogP contribution in [0.3, 0.4) is 0 Å². The molecule has 5 heteroatoms. The fourth-order valence-corrected chi connectivity index (χ4v) is 3.40. The number of nitrogens with one attached hydrogen (secondary N) is 1. The van der Waals surface area contributed by atoms with E-state index < -0.39 is 0 Å². The number of carbonyl (C=O) groups excluding carboxylic acids is 1. The van der Waals surface area contributed by atoms with E-state index in [1.54, 1.807) is 0 Å². The predicted molar refractivity (Wildman–Crippen MR) is 96.9 cm³/mol. The van der Waals surface area contributed by atoms with Crippen molar-refractivity contribution in [1.82, 2.24) is 15.2 Å². The summed E-state index contributed by atoms with van der Waals surface area (Å²) in [6, 6.07) is 10.9. The zero-order valence-electron chi connectivity index (χ0n) is 14.2. The van der Waals surface area contributed by atoms with Gasteiger partial charge in [0.25, 0.3) is 5.91 Å². The Morgan fingerprint density at radius 1 is 1.17 bits per heavy atom. The van der Waals surface area contributed by atoms with Gasteiger partial charge in [0, 0.05) is 36.1 Å². The number of benzene rings is 1. The summed E-state index contributed by atoms with van der Waals surface area (Å²) >= 11 is 1.50. The SMILES string of the molecule is CC(C)N(CCNC(=O)c1csc(-c2ccccc2)n1)C(C)C. The number of aromatic nitrogens is 1. The Kier molecular flexibility index (Phi) is 6.30. The fourth-order valence-electron chi connectivity index (χ4n) is 2.59. The van der Waals surface area contributed by atoms with Gasteiger partial charge in [-0.3, -0.25) is 9.69 Å². The van der Waals surface area contributed by atoms with Crippen LogP contribution in [0.25, 0.3) is 10.6 Å². The van der Waals surface area contributed by atoms with Crippen molar-refractivity contribution in [2.75, 3.05) is 13.1 Å². The molecular weight excluding hydrogens is 306 g/mol. The minimum Gasteiger partial charge on any atom is -0.349 e. The molecule has 0 aliphatic rings. The summed E-state index contributed by atoms with van der Waals surface area (Å²) in [5.41, 5.74) is 1.54. The Morgan fingerprint density at radius 2 is 1.83 bits per heavy atom. The van der Waals surface area contributed by atoms with Crippen molar-refractivity contribution < 1.29 is 4.79 Å². The number of hydrogen-bond donors (Lipinski definition) is 1. The van der Waals surface area contributed by atoms with Crippen molar-refractivity contribution in [3.63, 3.8) is 0 Å². The molecule has 2 aromatic rings. The van der Waals surface area contributed by atoms with E-state index in [-0.39, 0.29) is 5.91 Å². The van der Waals surface area contributed by atoms with E-state index in [0.717, 1.165) is 17.1 Å². The number of amides is 1. The van der Waals surface area contributed by atoms with Gasteiger partial charge in [-0.05, 0) is 27.7 Å². The molecule has 0 bridgehead atoms. The highest BCUT2D eigenvalue weighted by Crippen LogP contribution is 2.23. The van der Waals surface area contributed by atoms with Crippen LogP contribution in [0.1, 0.15) is 38.2 Å². The number of rotatable bonds is 7. The Balaban J connectivity index is 1.91. The van der Waals surface area contributed by atoms with Gasteiger partial charge in [0.15, 0.2) is 0 Å². The van der Waals surface area contributed by atoms with Gasteiger partial charge in [-0.2, -0.15) is 0 Å². The molecule has 0 unspecified atom stereocenters. The first-order valence-electron chi connectivity index (χ1n) is 8.04. The van der Waals surface area contributed by atoms with Crippen LogP contribution >= 0.6 is 11.3 Å². The Morgan fingerprint density at radius 3 is 2.43 bits per heavy atom. The van der Waals surface area contributed by atoms with Gasteiger partial charge in [0.1, 0.15) is 10.7 Å². The molecule has 1 heterocycles. The first-order chi connectivity index (χ1) is 11.0. The smallest absolute Gasteiger partial charge is 0.270 e. The summed E-state index contributed by atoms with van der Waals surface area (Å²) in [6.45, 7) is 10.2. The summed E-state index contributed by atoms with van der Waals surface area (Å²) in [5, 5.41) is 5.66. The first-order valence-corrected chi connectivity index (χ1v) is 8.92. The van der Waals surface area contributed by atoms with Crippen molar-refractivity contribution in [3.8, 4) is 10.6 Å². The van der Waals surface area contributed by atoms with Gasteiger partial charge in [-0.25, -0.2) is 4.98 Å². The monoisotopic (exact) mass is 331 g/mol. The number of nitrogens with zero attached hydrogens (tertiary/aromatic N) is 2. The lowest BCUT2D eigenvalue weighted by Crippen LogP contribution is -2.42. The van der Waals surface area contributed by atoms with Crippen molar-refractivity contribution in [2.24, 2.45) is 0 Å². The minimum absolute atomic E-state index is 0.101. The molecule has 4 nitrogen and oxygen atoms in total. The van der Waals surface area contributed by atoms with E-state index in [2.05, 4.69) is 42.9 Å².